The van der Waals surface area contributed by atoms with E-state index in [0.717, 1.165) is 45.2 Å². The van der Waals surface area contributed by atoms with Crippen molar-refractivity contribution in [3.05, 3.63) is 65.5 Å². The summed E-state index contributed by atoms with van der Waals surface area (Å²) >= 11 is 0. The number of carbonyl (C=O) groups is 2. The number of pyridine rings is 1. The molecule has 2 aromatic rings. The van der Waals surface area contributed by atoms with E-state index in [1.54, 1.807) is 12.4 Å². The van der Waals surface area contributed by atoms with E-state index >= 15 is 0 Å². The SMILES string of the molecule is O=C(CC1CC2(CCN(C(=O)c3cccnc3)CC2)c2ccccc21)NC1CC1. The standard InChI is InChI=1S/C24H27N3O2/c28-22(26-19-7-8-19)14-18-15-24(21-6-2-1-5-20(18)21)9-12-27(13-10-24)23(29)17-4-3-11-25-16-17/h1-6,11,16,18-19H,7-10,12-15H2,(H,26,28). The van der Waals surface area contributed by atoms with Crippen LogP contribution in [0.5, 0.6) is 0 Å². The number of amides is 2. The second-order valence-corrected chi connectivity index (χ2v) is 8.85. The molecule has 29 heavy (non-hydrogen) atoms. The van der Waals surface area contributed by atoms with Crippen LogP contribution in [0.4, 0.5) is 0 Å². The van der Waals surface area contributed by atoms with Gasteiger partial charge in [0.1, 0.15) is 0 Å². The lowest BCUT2D eigenvalue weighted by molar-refractivity contribution is -0.121. The number of benzene rings is 1. The van der Waals surface area contributed by atoms with Gasteiger partial charge >= 0.3 is 0 Å². The maximum absolute atomic E-state index is 12.8. The van der Waals surface area contributed by atoms with Crippen LogP contribution in [0.15, 0.2) is 48.8 Å². The van der Waals surface area contributed by atoms with Gasteiger partial charge in [-0.2, -0.15) is 0 Å². The lowest BCUT2D eigenvalue weighted by Gasteiger charge is -2.40. The highest BCUT2D eigenvalue weighted by atomic mass is 16.2. The minimum Gasteiger partial charge on any atom is -0.353 e. The summed E-state index contributed by atoms with van der Waals surface area (Å²) in [6.07, 6.45) is 9.08. The average Bonchev–Trinajstić information content (AvgIpc) is 3.53. The van der Waals surface area contributed by atoms with Crippen molar-refractivity contribution >= 4 is 11.8 Å². The van der Waals surface area contributed by atoms with Crippen LogP contribution in [0.1, 0.15) is 65.9 Å². The summed E-state index contributed by atoms with van der Waals surface area (Å²) in [6, 6.07) is 12.7. The molecule has 0 radical (unpaired) electrons. The molecule has 1 spiro atoms. The highest BCUT2D eigenvalue weighted by molar-refractivity contribution is 5.94. The number of nitrogens with zero attached hydrogens (tertiary/aromatic N) is 2. The number of carbonyl (C=O) groups excluding carboxylic acids is 2. The molecule has 5 heteroatoms. The van der Waals surface area contributed by atoms with Crippen molar-refractivity contribution in [1.82, 2.24) is 15.2 Å². The fourth-order valence-corrected chi connectivity index (χ4v) is 5.23. The first-order valence-electron chi connectivity index (χ1n) is 10.7. The summed E-state index contributed by atoms with van der Waals surface area (Å²) < 4.78 is 0. The minimum absolute atomic E-state index is 0.0691. The van der Waals surface area contributed by atoms with Crippen LogP contribution >= 0.6 is 0 Å². The van der Waals surface area contributed by atoms with E-state index < -0.39 is 0 Å². The minimum atomic E-state index is 0.0691. The van der Waals surface area contributed by atoms with Gasteiger partial charge in [-0.15, -0.1) is 0 Å². The zero-order valence-electron chi connectivity index (χ0n) is 16.6. The Labute approximate surface area is 171 Å². The Morgan fingerprint density at radius 2 is 1.90 bits per heavy atom. The molecule has 5 nitrogen and oxygen atoms in total. The van der Waals surface area contributed by atoms with E-state index in [1.165, 1.54) is 11.1 Å². The molecule has 0 bridgehead atoms. The van der Waals surface area contributed by atoms with Crippen LogP contribution in [0, 0.1) is 0 Å². The van der Waals surface area contributed by atoms with Gasteiger partial charge in [0.15, 0.2) is 0 Å². The van der Waals surface area contributed by atoms with Gasteiger partial charge in [-0.05, 0) is 66.7 Å². The van der Waals surface area contributed by atoms with E-state index in [9.17, 15) is 9.59 Å². The third-order valence-electron chi connectivity index (χ3n) is 6.90. The molecule has 2 amide bonds. The van der Waals surface area contributed by atoms with Crippen molar-refractivity contribution < 1.29 is 9.59 Å². The molecule has 1 atom stereocenters. The number of likely N-dealkylation sites (tertiary alicyclic amines) is 1. The van der Waals surface area contributed by atoms with E-state index in [1.807, 2.05) is 17.0 Å². The Kier molecular flexibility index (Phi) is 4.61. The Balaban J connectivity index is 1.31. The Hall–Kier alpha value is -2.69. The van der Waals surface area contributed by atoms with Crippen molar-refractivity contribution in [1.29, 1.82) is 0 Å². The van der Waals surface area contributed by atoms with Crippen LogP contribution in [-0.2, 0) is 10.2 Å². The van der Waals surface area contributed by atoms with Crippen molar-refractivity contribution in [2.45, 2.75) is 55.9 Å². The first kappa shape index (κ1) is 18.3. The number of rotatable bonds is 4. The van der Waals surface area contributed by atoms with Crippen LogP contribution in [0.3, 0.4) is 0 Å². The molecule has 1 aliphatic heterocycles. The predicted molar refractivity (Wildman–Crippen MR) is 111 cm³/mol. The van der Waals surface area contributed by atoms with Gasteiger partial charge in [0.25, 0.3) is 5.91 Å². The highest BCUT2D eigenvalue weighted by Crippen LogP contribution is 2.52. The number of nitrogens with one attached hydrogen (secondary N) is 1. The highest BCUT2D eigenvalue weighted by Gasteiger charge is 2.46. The number of hydrogen-bond donors (Lipinski definition) is 1. The third kappa shape index (κ3) is 3.54. The average molecular weight is 389 g/mol. The summed E-state index contributed by atoms with van der Waals surface area (Å²) in [5.41, 5.74) is 3.49. The number of piperidine rings is 1. The number of fused-ring (bicyclic) bond motifs is 2. The fourth-order valence-electron chi connectivity index (χ4n) is 5.23. The topological polar surface area (TPSA) is 62.3 Å². The Morgan fingerprint density at radius 3 is 2.62 bits per heavy atom. The van der Waals surface area contributed by atoms with Crippen LogP contribution in [0.2, 0.25) is 0 Å². The maximum atomic E-state index is 12.8. The van der Waals surface area contributed by atoms with E-state index in [-0.39, 0.29) is 23.1 Å². The van der Waals surface area contributed by atoms with Crippen LogP contribution in [0.25, 0.3) is 0 Å². The summed E-state index contributed by atoms with van der Waals surface area (Å²) in [7, 11) is 0. The summed E-state index contributed by atoms with van der Waals surface area (Å²) in [5, 5.41) is 3.15. The lowest BCUT2D eigenvalue weighted by atomic mass is 9.73. The molecule has 1 aromatic carbocycles. The molecule has 1 unspecified atom stereocenters. The summed E-state index contributed by atoms with van der Waals surface area (Å²) in [5.74, 6) is 0.540. The molecule has 1 saturated heterocycles. The molecular weight excluding hydrogens is 362 g/mol. The Bertz CT molecular complexity index is 915. The summed E-state index contributed by atoms with van der Waals surface area (Å²) in [6.45, 7) is 1.51. The molecule has 150 valence electrons. The number of hydrogen-bond acceptors (Lipinski definition) is 3. The van der Waals surface area contributed by atoms with E-state index in [2.05, 4.69) is 34.6 Å². The quantitative estimate of drug-likeness (QED) is 0.872. The van der Waals surface area contributed by atoms with Gasteiger partial charge in [0.2, 0.25) is 5.91 Å². The molecule has 2 heterocycles. The molecule has 3 aliphatic rings. The van der Waals surface area contributed by atoms with Crippen molar-refractivity contribution in [2.75, 3.05) is 13.1 Å². The fraction of sp³-hybridized carbons (Fsp3) is 0.458. The van der Waals surface area contributed by atoms with E-state index in [0.29, 0.717) is 18.0 Å². The largest absolute Gasteiger partial charge is 0.353 e. The zero-order valence-corrected chi connectivity index (χ0v) is 16.6. The maximum Gasteiger partial charge on any atom is 0.255 e. The van der Waals surface area contributed by atoms with Gasteiger partial charge in [0, 0.05) is 37.9 Å². The van der Waals surface area contributed by atoms with Gasteiger partial charge in [-0.25, -0.2) is 0 Å². The van der Waals surface area contributed by atoms with E-state index in [4.69, 9.17) is 0 Å². The predicted octanol–water partition coefficient (Wildman–Crippen LogP) is 3.41. The molecular formula is C24H27N3O2. The summed E-state index contributed by atoms with van der Waals surface area (Å²) in [4.78, 5) is 31.3. The molecule has 5 rings (SSSR count). The lowest BCUT2D eigenvalue weighted by Crippen LogP contribution is -2.44. The van der Waals surface area contributed by atoms with Crippen molar-refractivity contribution in [3.8, 4) is 0 Å². The second-order valence-electron chi connectivity index (χ2n) is 8.85. The molecule has 1 saturated carbocycles. The van der Waals surface area contributed by atoms with Crippen LogP contribution < -0.4 is 5.32 Å². The normalized spacial score (nSPS) is 22.3. The molecule has 2 aliphatic carbocycles. The second kappa shape index (κ2) is 7.29. The zero-order chi connectivity index (χ0) is 19.8. The Morgan fingerprint density at radius 1 is 1.10 bits per heavy atom. The molecule has 1 aromatic heterocycles. The van der Waals surface area contributed by atoms with Gasteiger partial charge in [-0.1, -0.05) is 24.3 Å². The molecule has 1 N–H and O–H groups in total. The van der Waals surface area contributed by atoms with Gasteiger partial charge in [-0.3, -0.25) is 14.6 Å². The van der Waals surface area contributed by atoms with Crippen LogP contribution in [-0.4, -0.2) is 40.8 Å². The number of aromatic nitrogens is 1. The van der Waals surface area contributed by atoms with Gasteiger partial charge < -0.3 is 10.2 Å². The third-order valence-corrected chi connectivity index (χ3v) is 6.90. The van der Waals surface area contributed by atoms with Gasteiger partial charge in [0.05, 0.1) is 5.56 Å². The first-order chi connectivity index (χ1) is 14.1. The van der Waals surface area contributed by atoms with Crippen molar-refractivity contribution in [3.63, 3.8) is 0 Å². The monoisotopic (exact) mass is 389 g/mol. The first-order valence-corrected chi connectivity index (χ1v) is 10.7. The smallest absolute Gasteiger partial charge is 0.255 e. The van der Waals surface area contributed by atoms with Crippen molar-refractivity contribution in [2.24, 2.45) is 0 Å². The molecule has 2 fully saturated rings.